The van der Waals surface area contributed by atoms with Crippen LogP contribution in [0, 0.1) is 11.7 Å². The second kappa shape index (κ2) is 11.7. The highest BCUT2D eigenvalue weighted by molar-refractivity contribution is 7.14. The molecule has 2 heterocycles. The van der Waals surface area contributed by atoms with Crippen molar-refractivity contribution >= 4 is 46.0 Å². The summed E-state index contributed by atoms with van der Waals surface area (Å²) in [7, 11) is 1.58. The second-order valence-electron chi connectivity index (χ2n) is 7.58. The molecule has 33 heavy (non-hydrogen) atoms. The zero-order valence-electron chi connectivity index (χ0n) is 18.6. The predicted octanol–water partition coefficient (Wildman–Crippen LogP) is 2.98. The molecule has 8 nitrogen and oxygen atoms in total. The van der Waals surface area contributed by atoms with Crippen molar-refractivity contribution in [3.8, 4) is 0 Å². The van der Waals surface area contributed by atoms with E-state index in [0.29, 0.717) is 49.9 Å². The second-order valence-corrected chi connectivity index (χ2v) is 8.41. The summed E-state index contributed by atoms with van der Waals surface area (Å²) in [5.74, 6) is -1.16. The molecule has 0 unspecified atom stereocenters. The molecule has 1 aliphatic heterocycles. The number of benzene rings is 1. The average molecular weight is 475 g/mol. The predicted molar refractivity (Wildman–Crippen MR) is 125 cm³/mol. The van der Waals surface area contributed by atoms with Gasteiger partial charge in [-0.2, -0.15) is 0 Å². The summed E-state index contributed by atoms with van der Waals surface area (Å²) in [6, 6.07) is 5.99. The molecule has 176 valence electrons. The number of para-hydroxylation sites is 1. The minimum absolute atomic E-state index is 0.00503. The van der Waals surface area contributed by atoms with E-state index >= 15 is 0 Å². The Morgan fingerprint density at radius 3 is 2.70 bits per heavy atom. The third-order valence-corrected chi connectivity index (χ3v) is 6.13. The smallest absolute Gasteiger partial charge is 0.246 e. The Labute approximate surface area is 196 Å². The highest BCUT2D eigenvalue weighted by atomic mass is 32.1. The van der Waals surface area contributed by atoms with E-state index < -0.39 is 5.82 Å². The van der Waals surface area contributed by atoms with Crippen LogP contribution in [0.2, 0.25) is 0 Å². The van der Waals surface area contributed by atoms with Crippen molar-refractivity contribution in [2.45, 2.75) is 19.8 Å². The molecule has 1 aliphatic rings. The largest absolute Gasteiger partial charge is 0.383 e. The number of nitrogens with one attached hydrogen (secondary N) is 1. The van der Waals surface area contributed by atoms with E-state index in [1.165, 1.54) is 41.4 Å². The van der Waals surface area contributed by atoms with E-state index in [1.807, 2.05) is 0 Å². The summed E-state index contributed by atoms with van der Waals surface area (Å²) >= 11 is 1.19. The molecular formula is C23H27FN4O4S. The summed E-state index contributed by atoms with van der Waals surface area (Å²) < 4.78 is 19.1. The van der Waals surface area contributed by atoms with Gasteiger partial charge < -0.3 is 15.0 Å². The number of amides is 3. The number of methoxy groups -OCH3 is 1. The quantitative estimate of drug-likeness (QED) is 0.469. The number of likely N-dealkylation sites (tertiary alicyclic amines) is 1. The first-order chi connectivity index (χ1) is 15.9. The van der Waals surface area contributed by atoms with Crippen LogP contribution < -0.4 is 10.2 Å². The highest BCUT2D eigenvalue weighted by Gasteiger charge is 2.26. The van der Waals surface area contributed by atoms with Gasteiger partial charge in [0.1, 0.15) is 5.82 Å². The van der Waals surface area contributed by atoms with E-state index in [-0.39, 0.29) is 29.3 Å². The standard InChI is InChI=1S/C23H27FN4O4S/c1-16(29)28(20-6-4-3-5-19(20)24)23-26-18(15-33-23)7-8-21(30)27-12-9-17(10-13-27)22(31)25-11-14-32-2/h3-8,15,17H,9-14H2,1-2H3,(H,25,31). The Balaban J connectivity index is 1.58. The van der Waals surface area contributed by atoms with Crippen molar-refractivity contribution in [3.63, 3.8) is 0 Å². The van der Waals surface area contributed by atoms with E-state index in [1.54, 1.807) is 35.6 Å². The Morgan fingerprint density at radius 1 is 1.30 bits per heavy atom. The van der Waals surface area contributed by atoms with E-state index in [2.05, 4.69) is 10.3 Å². The van der Waals surface area contributed by atoms with Crippen LogP contribution in [0.4, 0.5) is 15.2 Å². The number of aromatic nitrogens is 1. The number of hydrogen-bond donors (Lipinski definition) is 1. The lowest BCUT2D eigenvalue weighted by Gasteiger charge is -2.30. The number of ether oxygens (including phenoxy) is 1. The van der Waals surface area contributed by atoms with Crippen LogP contribution in [0.15, 0.2) is 35.7 Å². The van der Waals surface area contributed by atoms with Gasteiger partial charge in [0.05, 0.1) is 18.0 Å². The first-order valence-corrected chi connectivity index (χ1v) is 11.5. The monoisotopic (exact) mass is 474 g/mol. The van der Waals surface area contributed by atoms with E-state index in [9.17, 15) is 18.8 Å². The van der Waals surface area contributed by atoms with Gasteiger partial charge in [0, 0.05) is 51.0 Å². The van der Waals surface area contributed by atoms with Crippen molar-refractivity contribution in [1.82, 2.24) is 15.2 Å². The van der Waals surface area contributed by atoms with Crippen molar-refractivity contribution in [2.75, 3.05) is 38.3 Å². The number of anilines is 2. The van der Waals surface area contributed by atoms with Gasteiger partial charge in [-0.1, -0.05) is 12.1 Å². The number of hydrogen-bond acceptors (Lipinski definition) is 6. The summed E-state index contributed by atoms with van der Waals surface area (Å²) in [4.78, 5) is 44.1. The topological polar surface area (TPSA) is 91.8 Å². The molecule has 0 spiro atoms. The molecular weight excluding hydrogens is 447 g/mol. The molecule has 0 radical (unpaired) electrons. The van der Waals surface area contributed by atoms with Crippen LogP contribution in [0.25, 0.3) is 6.08 Å². The molecule has 3 rings (SSSR count). The molecule has 0 atom stereocenters. The Hall–Kier alpha value is -3.11. The zero-order valence-corrected chi connectivity index (χ0v) is 19.4. The first-order valence-electron chi connectivity index (χ1n) is 10.6. The summed E-state index contributed by atoms with van der Waals surface area (Å²) in [6.45, 7) is 3.29. The Bertz CT molecular complexity index is 1020. The summed E-state index contributed by atoms with van der Waals surface area (Å²) in [6.07, 6.45) is 4.22. The minimum atomic E-state index is -0.522. The molecule has 1 aromatic heterocycles. The first kappa shape index (κ1) is 24.5. The zero-order chi connectivity index (χ0) is 23.8. The number of rotatable bonds is 8. The van der Waals surface area contributed by atoms with Gasteiger partial charge in [-0.15, -0.1) is 11.3 Å². The lowest BCUT2D eigenvalue weighted by Crippen LogP contribution is -2.43. The van der Waals surface area contributed by atoms with Crippen LogP contribution in [0.5, 0.6) is 0 Å². The fourth-order valence-corrected chi connectivity index (χ4v) is 4.39. The minimum Gasteiger partial charge on any atom is -0.383 e. The van der Waals surface area contributed by atoms with Crippen molar-refractivity contribution in [2.24, 2.45) is 5.92 Å². The fourth-order valence-electron chi connectivity index (χ4n) is 3.54. The molecule has 3 amide bonds. The molecule has 0 saturated carbocycles. The number of nitrogens with zero attached hydrogens (tertiary/aromatic N) is 3. The molecule has 10 heteroatoms. The average Bonchev–Trinajstić information content (AvgIpc) is 3.27. The van der Waals surface area contributed by atoms with Crippen LogP contribution in [0.1, 0.15) is 25.5 Å². The number of carbonyl (C=O) groups is 3. The Kier molecular flexibility index (Phi) is 8.67. The normalized spacial score (nSPS) is 14.5. The maximum absolute atomic E-state index is 14.2. The van der Waals surface area contributed by atoms with Gasteiger partial charge in [0.15, 0.2) is 5.13 Å². The van der Waals surface area contributed by atoms with Crippen molar-refractivity contribution < 1.29 is 23.5 Å². The number of carbonyl (C=O) groups excluding carboxylic acids is 3. The Morgan fingerprint density at radius 2 is 2.03 bits per heavy atom. The third kappa shape index (κ3) is 6.45. The van der Waals surface area contributed by atoms with Crippen molar-refractivity contribution in [1.29, 1.82) is 0 Å². The van der Waals surface area contributed by atoms with Gasteiger partial charge >= 0.3 is 0 Å². The fraction of sp³-hybridized carbons (Fsp3) is 0.391. The number of thiazole rings is 1. The van der Waals surface area contributed by atoms with Gasteiger partial charge in [-0.3, -0.25) is 19.3 Å². The van der Waals surface area contributed by atoms with Gasteiger partial charge in [0.2, 0.25) is 17.7 Å². The molecule has 1 aromatic carbocycles. The molecule has 1 N–H and O–H groups in total. The van der Waals surface area contributed by atoms with Crippen LogP contribution >= 0.6 is 11.3 Å². The summed E-state index contributed by atoms with van der Waals surface area (Å²) in [5, 5.41) is 4.86. The van der Waals surface area contributed by atoms with Gasteiger partial charge in [-0.25, -0.2) is 9.37 Å². The lowest BCUT2D eigenvalue weighted by molar-refractivity contribution is -0.132. The number of halogens is 1. The molecule has 1 saturated heterocycles. The van der Waals surface area contributed by atoms with Crippen LogP contribution in [0.3, 0.4) is 0 Å². The van der Waals surface area contributed by atoms with Crippen molar-refractivity contribution in [3.05, 3.63) is 47.2 Å². The molecule has 2 aromatic rings. The van der Waals surface area contributed by atoms with E-state index in [4.69, 9.17) is 4.74 Å². The van der Waals surface area contributed by atoms with Crippen LogP contribution in [-0.4, -0.2) is 61.0 Å². The molecule has 1 fully saturated rings. The van der Waals surface area contributed by atoms with Crippen LogP contribution in [-0.2, 0) is 19.1 Å². The molecule has 0 aliphatic carbocycles. The van der Waals surface area contributed by atoms with Gasteiger partial charge in [-0.05, 0) is 31.1 Å². The molecule has 0 bridgehead atoms. The maximum Gasteiger partial charge on any atom is 0.246 e. The van der Waals surface area contributed by atoms with E-state index in [0.717, 1.165) is 0 Å². The number of piperidine rings is 1. The van der Waals surface area contributed by atoms with Gasteiger partial charge in [0.25, 0.3) is 0 Å². The summed E-state index contributed by atoms with van der Waals surface area (Å²) in [5.41, 5.74) is 0.624. The highest BCUT2D eigenvalue weighted by Crippen LogP contribution is 2.31. The third-order valence-electron chi connectivity index (χ3n) is 5.29. The lowest BCUT2D eigenvalue weighted by atomic mass is 9.96. The SMILES string of the molecule is COCCNC(=O)C1CCN(C(=O)C=Cc2csc(N(C(C)=O)c3ccccc3F)n2)CC1. The maximum atomic E-state index is 14.2.